The van der Waals surface area contributed by atoms with Crippen LogP contribution < -0.4 is 10.2 Å². The van der Waals surface area contributed by atoms with Crippen LogP contribution in [0, 0.1) is 21.4 Å². The molecule has 1 saturated carbocycles. The SMILES string of the molecule is Cl.O=C(C1CC12CCNCC2)N1CCN(c2ccccc2[N+](=O)[O-])CC1. The third-order valence-electron chi connectivity index (χ3n) is 6.10. The van der Waals surface area contributed by atoms with E-state index >= 15 is 0 Å². The highest BCUT2D eigenvalue weighted by Crippen LogP contribution is 2.59. The predicted octanol–water partition coefficient (Wildman–Crippen LogP) is 2.05. The minimum atomic E-state index is -0.335. The lowest BCUT2D eigenvalue weighted by atomic mass is 9.91. The summed E-state index contributed by atoms with van der Waals surface area (Å²) in [7, 11) is 0. The van der Waals surface area contributed by atoms with Crippen molar-refractivity contribution >= 4 is 29.7 Å². The normalized spacial score (nSPS) is 24.1. The Morgan fingerprint density at radius 3 is 2.46 bits per heavy atom. The molecule has 1 amide bonds. The molecule has 3 aliphatic rings. The molecule has 0 bridgehead atoms. The molecule has 1 aliphatic carbocycles. The zero-order chi connectivity index (χ0) is 17.4. The molecule has 26 heavy (non-hydrogen) atoms. The number of piperazine rings is 1. The van der Waals surface area contributed by atoms with Crippen molar-refractivity contribution in [1.82, 2.24) is 10.2 Å². The fourth-order valence-electron chi connectivity index (χ4n) is 4.45. The summed E-state index contributed by atoms with van der Waals surface area (Å²) in [6.07, 6.45) is 3.26. The van der Waals surface area contributed by atoms with Crippen molar-refractivity contribution in [2.45, 2.75) is 19.3 Å². The largest absolute Gasteiger partial charge is 0.362 e. The Morgan fingerprint density at radius 2 is 1.81 bits per heavy atom. The molecule has 0 radical (unpaired) electrons. The zero-order valence-corrected chi connectivity index (χ0v) is 15.5. The maximum Gasteiger partial charge on any atom is 0.292 e. The highest BCUT2D eigenvalue weighted by Gasteiger charge is 2.58. The van der Waals surface area contributed by atoms with Gasteiger partial charge >= 0.3 is 0 Å². The molecule has 2 saturated heterocycles. The van der Waals surface area contributed by atoms with Crippen molar-refractivity contribution in [3.63, 3.8) is 0 Å². The minimum absolute atomic E-state index is 0. The van der Waals surface area contributed by atoms with Gasteiger partial charge in [-0.05, 0) is 43.8 Å². The molecule has 7 nitrogen and oxygen atoms in total. The number of hydrogen-bond donors (Lipinski definition) is 1. The first kappa shape index (κ1) is 18.9. The van der Waals surface area contributed by atoms with E-state index in [9.17, 15) is 14.9 Å². The molecule has 2 aliphatic heterocycles. The van der Waals surface area contributed by atoms with E-state index in [0.29, 0.717) is 37.8 Å². The predicted molar refractivity (Wildman–Crippen MR) is 102 cm³/mol. The summed E-state index contributed by atoms with van der Waals surface area (Å²) in [5.41, 5.74) is 1.05. The van der Waals surface area contributed by atoms with Crippen LogP contribution in [-0.4, -0.2) is 55.0 Å². The summed E-state index contributed by atoms with van der Waals surface area (Å²) in [6, 6.07) is 6.84. The minimum Gasteiger partial charge on any atom is -0.362 e. The molecular weight excluding hydrogens is 356 g/mol. The quantitative estimate of drug-likeness (QED) is 0.641. The van der Waals surface area contributed by atoms with Crippen molar-refractivity contribution in [3.8, 4) is 0 Å². The molecule has 4 rings (SSSR count). The Hall–Kier alpha value is -1.86. The number of nitro groups is 1. The van der Waals surface area contributed by atoms with Crippen molar-refractivity contribution in [3.05, 3.63) is 34.4 Å². The molecule has 1 N–H and O–H groups in total. The van der Waals surface area contributed by atoms with Crippen LogP contribution in [-0.2, 0) is 4.79 Å². The Kier molecular flexibility index (Phi) is 5.39. The van der Waals surface area contributed by atoms with Gasteiger partial charge < -0.3 is 15.1 Å². The number of hydrogen-bond acceptors (Lipinski definition) is 5. The summed E-state index contributed by atoms with van der Waals surface area (Å²) in [5.74, 6) is 0.497. The Balaban J connectivity index is 0.00000196. The lowest BCUT2D eigenvalue weighted by Crippen LogP contribution is -2.50. The van der Waals surface area contributed by atoms with E-state index in [4.69, 9.17) is 0 Å². The number of piperidine rings is 1. The van der Waals surface area contributed by atoms with Crippen molar-refractivity contribution in [1.29, 1.82) is 0 Å². The number of anilines is 1. The van der Waals surface area contributed by atoms with E-state index in [0.717, 1.165) is 32.4 Å². The van der Waals surface area contributed by atoms with Gasteiger partial charge in [-0.2, -0.15) is 0 Å². The topological polar surface area (TPSA) is 78.7 Å². The lowest BCUT2D eigenvalue weighted by Gasteiger charge is -2.36. The molecule has 1 unspecified atom stereocenters. The van der Waals surface area contributed by atoms with Crippen LogP contribution in [0.5, 0.6) is 0 Å². The third kappa shape index (κ3) is 3.38. The summed E-state index contributed by atoms with van der Waals surface area (Å²) in [6.45, 7) is 4.64. The molecule has 2 heterocycles. The number of carbonyl (C=O) groups excluding carboxylic acids is 1. The van der Waals surface area contributed by atoms with Gasteiger partial charge in [0.1, 0.15) is 5.69 Å². The van der Waals surface area contributed by atoms with Crippen LogP contribution >= 0.6 is 12.4 Å². The summed E-state index contributed by atoms with van der Waals surface area (Å²) in [4.78, 5) is 27.7. The maximum absolute atomic E-state index is 12.8. The number of para-hydroxylation sites is 2. The van der Waals surface area contributed by atoms with E-state index in [1.165, 1.54) is 6.07 Å². The molecule has 1 aromatic rings. The molecule has 3 fully saturated rings. The van der Waals surface area contributed by atoms with Crippen molar-refractivity contribution in [2.24, 2.45) is 11.3 Å². The highest BCUT2D eigenvalue weighted by molar-refractivity contribution is 5.85. The molecular formula is C18H25ClN4O3. The number of amides is 1. The van der Waals surface area contributed by atoms with E-state index in [1.807, 2.05) is 15.9 Å². The van der Waals surface area contributed by atoms with Gasteiger partial charge in [0.15, 0.2) is 0 Å². The van der Waals surface area contributed by atoms with Gasteiger partial charge in [-0.3, -0.25) is 14.9 Å². The second-order valence-corrected chi connectivity index (χ2v) is 7.43. The number of halogens is 1. The third-order valence-corrected chi connectivity index (χ3v) is 6.10. The monoisotopic (exact) mass is 380 g/mol. The van der Waals surface area contributed by atoms with Gasteiger partial charge in [0.2, 0.25) is 5.91 Å². The first-order valence-corrected chi connectivity index (χ1v) is 9.09. The van der Waals surface area contributed by atoms with Gasteiger partial charge in [-0.25, -0.2) is 0 Å². The number of nitro benzene ring substituents is 1. The van der Waals surface area contributed by atoms with Gasteiger partial charge in [-0.1, -0.05) is 12.1 Å². The number of nitrogens with zero attached hydrogens (tertiary/aromatic N) is 3. The van der Waals surface area contributed by atoms with Crippen LogP contribution in [0.1, 0.15) is 19.3 Å². The van der Waals surface area contributed by atoms with E-state index in [2.05, 4.69) is 5.32 Å². The second-order valence-electron chi connectivity index (χ2n) is 7.43. The fraction of sp³-hybridized carbons (Fsp3) is 0.611. The molecule has 8 heteroatoms. The second kappa shape index (κ2) is 7.40. The number of carbonyl (C=O) groups is 1. The highest BCUT2D eigenvalue weighted by atomic mass is 35.5. The van der Waals surface area contributed by atoms with Crippen LogP contribution in [0.3, 0.4) is 0 Å². The average Bonchev–Trinajstić information content (AvgIpc) is 3.34. The molecule has 0 aromatic heterocycles. The molecule has 1 spiro atoms. The average molecular weight is 381 g/mol. The van der Waals surface area contributed by atoms with Gasteiger partial charge in [0.05, 0.1) is 4.92 Å². The lowest BCUT2D eigenvalue weighted by molar-refractivity contribution is -0.384. The van der Waals surface area contributed by atoms with E-state index < -0.39 is 0 Å². The van der Waals surface area contributed by atoms with Gasteiger partial charge in [0.25, 0.3) is 5.69 Å². The Bertz CT molecular complexity index is 685. The zero-order valence-electron chi connectivity index (χ0n) is 14.7. The maximum atomic E-state index is 12.8. The Morgan fingerprint density at radius 1 is 1.15 bits per heavy atom. The number of benzene rings is 1. The molecule has 142 valence electrons. The first-order valence-electron chi connectivity index (χ1n) is 9.09. The van der Waals surface area contributed by atoms with Gasteiger partial charge in [-0.15, -0.1) is 12.4 Å². The van der Waals surface area contributed by atoms with Gasteiger partial charge in [0, 0.05) is 38.2 Å². The van der Waals surface area contributed by atoms with Crippen LogP contribution in [0.25, 0.3) is 0 Å². The standard InChI is InChI=1S/C18H24N4O3.ClH/c23-17(14-13-18(14)5-7-19-8-6-18)21-11-9-20(10-12-21)15-3-1-2-4-16(15)22(24)25;/h1-4,14,19H,5-13H2;1H. The summed E-state index contributed by atoms with van der Waals surface area (Å²) >= 11 is 0. The van der Waals surface area contributed by atoms with Crippen LogP contribution in [0.15, 0.2) is 24.3 Å². The number of rotatable bonds is 3. The summed E-state index contributed by atoms with van der Waals surface area (Å²) in [5, 5.41) is 14.6. The molecule has 1 aromatic carbocycles. The van der Waals surface area contributed by atoms with Crippen molar-refractivity contribution < 1.29 is 9.72 Å². The molecule has 1 atom stereocenters. The number of nitrogens with one attached hydrogen (secondary N) is 1. The fourth-order valence-corrected chi connectivity index (χ4v) is 4.45. The first-order chi connectivity index (χ1) is 12.1. The van der Waals surface area contributed by atoms with Crippen LogP contribution in [0.4, 0.5) is 11.4 Å². The van der Waals surface area contributed by atoms with E-state index in [1.54, 1.807) is 12.1 Å². The Labute approximate surface area is 159 Å². The van der Waals surface area contributed by atoms with E-state index in [-0.39, 0.29) is 34.4 Å². The van der Waals surface area contributed by atoms with Crippen LogP contribution in [0.2, 0.25) is 0 Å². The summed E-state index contributed by atoms with van der Waals surface area (Å²) < 4.78 is 0. The van der Waals surface area contributed by atoms with Crippen molar-refractivity contribution in [2.75, 3.05) is 44.2 Å². The smallest absolute Gasteiger partial charge is 0.292 e.